The number of hydrogen-bond acceptors (Lipinski definition) is 7. The summed E-state index contributed by atoms with van der Waals surface area (Å²) >= 11 is 1.39. The molecule has 1 amide bonds. The van der Waals surface area contributed by atoms with Crippen LogP contribution in [0, 0.1) is 12.8 Å². The van der Waals surface area contributed by atoms with Crippen molar-refractivity contribution in [2.45, 2.75) is 25.8 Å². The van der Waals surface area contributed by atoms with Gasteiger partial charge in [0.25, 0.3) is 5.91 Å². The smallest absolute Gasteiger partial charge is 0.271 e. The van der Waals surface area contributed by atoms with Gasteiger partial charge in [-0.05, 0) is 25.7 Å². The Kier molecular flexibility index (Phi) is 4.26. The summed E-state index contributed by atoms with van der Waals surface area (Å²) in [7, 11) is 0. The maximum absolute atomic E-state index is 12.3. The molecule has 1 N–H and O–H groups in total. The van der Waals surface area contributed by atoms with Gasteiger partial charge < -0.3 is 14.6 Å². The third-order valence-corrected chi connectivity index (χ3v) is 4.08. The van der Waals surface area contributed by atoms with E-state index in [1.807, 2.05) is 0 Å². The Balaban J connectivity index is 1.79. The maximum Gasteiger partial charge on any atom is 0.271 e. The minimum atomic E-state index is -0.302. The molecule has 3 heterocycles. The van der Waals surface area contributed by atoms with Crippen molar-refractivity contribution in [3.05, 3.63) is 28.3 Å². The van der Waals surface area contributed by atoms with E-state index < -0.39 is 0 Å². The number of carbonyl (C=O) groups is 1. The molecule has 7 nitrogen and oxygen atoms in total. The summed E-state index contributed by atoms with van der Waals surface area (Å²) in [4.78, 5) is 20.5. The van der Waals surface area contributed by atoms with Crippen LogP contribution in [0.1, 0.15) is 41.1 Å². The largest absolute Gasteiger partial charge is 0.381 e. The minimum absolute atomic E-state index is 0.219. The quantitative estimate of drug-likeness (QED) is 0.925. The van der Waals surface area contributed by atoms with Gasteiger partial charge in [-0.1, -0.05) is 5.16 Å². The molecule has 0 aromatic carbocycles. The maximum atomic E-state index is 12.3. The molecule has 3 rings (SSSR count). The molecule has 1 aliphatic heterocycles. The molecule has 8 heteroatoms. The van der Waals surface area contributed by atoms with Crippen molar-refractivity contribution in [3.8, 4) is 0 Å². The fraction of sp³-hybridized carbons (Fsp3) is 0.538. The molecule has 0 spiro atoms. The van der Waals surface area contributed by atoms with Crippen molar-refractivity contribution in [2.24, 2.45) is 5.92 Å². The van der Waals surface area contributed by atoms with Crippen LogP contribution in [0.3, 0.4) is 0 Å². The lowest BCUT2D eigenvalue weighted by Gasteiger charge is -2.28. The first kappa shape index (κ1) is 14.2. The predicted molar refractivity (Wildman–Crippen MR) is 74.9 cm³/mol. The molecule has 1 saturated heterocycles. The second-order valence-electron chi connectivity index (χ2n) is 4.95. The molecule has 2 aromatic heterocycles. The van der Waals surface area contributed by atoms with Crippen LogP contribution in [0.2, 0.25) is 0 Å². The summed E-state index contributed by atoms with van der Waals surface area (Å²) in [5.74, 6) is 1.01. The number of amides is 1. The van der Waals surface area contributed by atoms with Crippen LogP contribution in [0.4, 0.5) is 0 Å². The van der Waals surface area contributed by atoms with Crippen molar-refractivity contribution in [1.29, 1.82) is 0 Å². The topological polar surface area (TPSA) is 90.1 Å². The number of aromatic nitrogens is 3. The fourth-order valence-electron chi connectivity index (χ4n) is 2.41. The van der Waals surface area contributed by atoms with E-state index in [4.69, 9.17) is 9.26 Å². The number of thiazole rings is 1. The molecule has 112 valence electrons. The molecule has 0 aliphatic carbocycles. The molecule has 1 aliphatic rings. The summed E-state index contributed by atoms with van der Waals surface area (Å²) in [6.07, 6.45) is 1.70. The Bertz CT molecular complexity index is 592. The second-order valence-corrected chi connectivity index (χ2v) is 5.67. The summed E-state index contributed by atoms with van der Waals surface area (Å²) in [5.41, 5.74) is 2.04. The summed E-state index contributed by atoms with van der Waals surface area (Å²) in [5, 5.41) is 8.51. The standard InChI is InChI=1S/C13H16N4O3S/c1-8-15-13(20-17-8)11(9-2-4-19-5-3-9)16-12(18)10-6-21-7-14-10/h6-7,9,11H,2-5H2,1H3,(H,16,18)/t11-/m0/s1. The Labute approximate surface area is 125 Å². The van der Waals surface area contributed by atoms with Crippen LogP contribution in [0.25, 0.3) is 0 Å². The SMILES string of the molecule is Cc1noc([C@@H](NC(=O)c2cscn2)C2CCOCC2)n1. The van der Waals surface area contributed by atoms with Crippen LogP contribution in [-0.4, -0.2) is 34.2 Å². The highest BCUT2D eigenvalue weighted by Gasteiger charge is 2.31. The number of carbonyl (C=O) groups excluding carboxylic acids is 1. The molecule has 0 radical (unpaired) electrons. The highest BCUT2D eigenvalue weighted by Crippen LogP contribution is 2.29. The number of aryl methyl sites for hydroxylation is 1. The lowest BCUT2D eigenvalue weighted by atomic mass is 9.91. The van der Waals surface area contributed by atoms with Crippen molar-refractivity contribution in [2.75, 3.05) is 13.2 Å². The van der Waals surface area contributed by atoms with Crippen LogP contribution < -0.4 is 5.32 Å². The van der Waals surface area contributed by atoms with Gasteiger partial charge in [0.05, 0.1) is 5.51 Å². The van der Waals surface area contributed by atoms with Gasteiger partial charge in [0.15, 0.2) is 5.82 Å². The van der Waals surface area contributed by atoms with Gasteiger partial charge in [-0.3, -0.25) is 4.79 Å². The summed E-state index contributed by atoms with van der Waals surface area (Å²) in [6, 6.07) is -0.302. The van der Waals surface area contributed by atoms with Gasteiger partial charge in [-0.2, -0.15) is 4.98 Å². The highest BCUT2D eigenvalue weighted by atomic mass is 32.1. The minimum Gasteiger partial charge on any atom is -0.381 e. The average Bonchev–Trinajstić information content (AvgIpc) is 3.17. The van der Waals surface area contributed by atoms with Gasteiger partial charge in [-0.25, -0.2) is 4.98 Å². The zero-order chi connectivity index (χ0) is 14.7. The molecular formula is C13H16N4O3S. The molecule has 0 bridgehead atoms. The number of ether oxygens (including phenoxy) is 1. The monoisotopic (exact) mass is 308 g/mol. The second kappa shape index (κ2) is 6.31. The van der Waals surface area contributed by atoms with Crippen LogP contribution in [0.15, 0.2) is 15.4 Å². The first-order chi connectivity index (χ1) is 10.2. The first-order valence-corrected chi connectivity index (χ1v) is 7.75. The van der Waals surface area contributed by atoms with E-state index in [-0.39, 0.29) is 17.9 Å². The third-order valence-electron chi connectivity index (χ3n) is 3.50. The number of hydrogen-bond donors (Lipinski definition) is 1. The molecule has 1 atom stereocenters. The molecule has 21 heavy (non-hydrogen) atoms. The lowest BCUT2D eigenvalue weighted by molar-refractivity contribution is 0.0467. The third kappa shape index (κ3) is 3.27. The van der Waals surface area contributed by atoms with E-state index in [1.54, 1.807) is 17.8 Å². The number of nitrogens with zero attached hydrogens (tertiary/aromatic N) is 3. The normalized spacial score (nSPS) is 17.6. The van der Waals surface area contributed by atoms with Crippen molar-refractivity contribution in [3.63, 3.8) is 0 Å². The Morgan fingerprint density at radius 1 is 1.48 bits per heavy atom. The zero-order valence-electron chi connectivity index (χ0n) is 11.6. The van der Waals surface area contributed by atoms with Crippen LogP contribution >= 0.6 is 11.3 Å². The molecule has 1 fully saturated rings. The van der Waals surface area contributed by atoms with E-state index in [0.717, 1.165) is 12.8 Å². The molecule has 0 saturated carbocycles. The Morgan fingerprint density at radius 3 is 2.90 bits per heavy atom. The van der Waals surface area contributed by atoms with Crippen molar-refractivity contribution < 1.29 is 14.1 Å². The van der Waals surface area contributed by atoms with Crippen molar-refractivity contribution >= 4 is 17.2 Å². The fourth-order valence-corrected chi connectivity index (χ4v) is 2.94. The van der Waals surface area contributed by atoms with E-state index in [9.17, 15) is 4.79 Å². The van der Waals surface area contributed by atoms with E-state index in [0.29, 0.717) is 30.6 Å². The van der Waals surface area contributed by atoms with Crippen LogP contribution in [-0.2, 0) is 4.74 Å². The van der Waals surface area contributed by atoms with E-state index in [2.05, 4.69) is 20.4 Å². The van der Waals surface area contributed by atoms with Gasteiger partial charge >= 0.3 is 0 Å². The predicted octanol–water partition coefficient (Wildman–Crippen LogP) is 1.73. The average molecular weight is 308 g/mol. The van der Waals surface area contributed by atoms with Crippen LogP contribution in [0.5, 0.6) is 0 Å². The van der Waals surface area contributed by atoms with Crippen molar-refractivity contribution in [1.82, 2.24) is 20.4 Å². The van der Waals surface area contributed by atoms with Gasteiger partial charge in [0, 0.05) is 18.6 Å². The molecule has 0 unspecified atom stereocenters. The summed E-state index contributed by atoms with van der Waals surface area (Å²) in [6.45, 7) is 3.12. The van der Waals surface area contributed by atoms with E-state index in [1.165, 1.54) is 11.3 Å². The molecular weight excluding hydrogens is 292 g/mol. The highest BCUT2D eigenvalue weighted by molar-refractivity contribution is 7.07. The summed E-state index contributed by atoms with van der Waals surface area (Å²) < 4.78 is 10.6. The Hall–Kier alpha value is -1.80. The first-order valence-electron chi connectivity index (χ1n) is 6.81. The number of rotatable bonds is 4. The van der Waals surface area contributed by atoms with E-state index >= 15 is 0 Å². The van der Waals surface area contributed by atoms with Gasteiger partial charge in [-0.15, -0.1) is 11.3 Å². The zero-order valence-corrected chi connectivity index (χ0v) is 12.4. The number of nitrogens with one attached hydrogen (secondary N) is 1. The van der Waals surface area contributed by atoms with Gasteiger partial charge in [0.1, 0.15) is 11.7 Å². The molecule has 2 aromatic rings. The lowest BCUT2D eigenvalue weighted by Crippen LogP contribution is -2.36. The Morgan fingerprint density at radius 2 is 2.29 bits per heavy atom. The van der Waals surface area contributed by atoms with Gasteiger partial charge in [0.2, 0.25) is 5.89 Å².